The summed E-state index contributed by atoms with van der Waals surface area (Å²) in [5.41, 5.74) is 2.11. The molecular weight excluding hydrogens is 278 g/mol. The van der Waals surface area contributed by atoms with E-state index in [0.717, 1.165) is 16.5 Å². The molecule has 0 radical (unpaired) electrons. The number of nitriles is 1. The number of fused-ring (bicyclic) bond motifs is 3. The molecule has 0 N–H and O–H groups in total. The van der Waals surface area contributed by atoms with Crippen LogP contribution in [0.15, 0.2) is 84.9 Å². The lowest BCUT2D eigenvalue weighted by Crippen LogP contribution is -1.99. The van der Waals surface area contributed by atoms with Crippen molar-refractivity contribution >= 4 is 21.5 Å². The molecule has 0 saturated carbocycles. The van der Waals surface area contributed by atoms with E-state index >= 15 is 0 Å². The SMILES string of the molecule is N#CC(c1ccccc1)c1cc2ccccc2c2ccccc12. The van der Waals surface area contributed by atoms with Gasteiger partial charge in [-0.2, -0.15) is 5.26 Å². The van der Waals surface area contributed by atoms with Crippen LogP contribution in [0.3, 0.4) is 0 Å². The van der Waals surface area contributed by atoms with Crippen LogP contribution in [0, 0.1) is 11.3 Å². The normalized spacial score (nSPS) is 12.1. The third-order valence-corrected chi connectivity index (χ3v) is 4.37. The highest BCUT2D eigenvalue weighted by Crippen LogP contribution is 2.35. The smallest absolute Gasteiger partial charge is 0.0968 e. The minimum Gasteiger partial charge on any atom is -0.197 e. The van der Waals surface area contributed by atoms with Gasteiger partial charge in [0.1, 0.15) is 0 Å². The molecule has 0 fully saturated rings. The molecule has 0 amide bonds. The molecule has 0 saturated heterocycles. The monoisotopic (exact) mass is 293 g/mol. The van der Waals surface area contributed by atoms with Crippen LogP contribution in [0.2, 0.25) is 0 Å². The third kappa shape index (κ3) is 2.25. The second kappa shape index (κ2) is 5.59. The fourth-order valence-corrected chi connectivity index (χ4v) is 3.29. The lowest BCUT2D eigenvalue weighted by molar-refractivity contribution is 1.05. The largest absolute Gasteiger partial charge is 0.197 e. The minimum atomic E-state index is -0.259. The summed E-state index contributed by atoms with van der Waals surface area (Å²) in [6.45, 7) is 0. The van der Waals surface area contributed by atoms with Crippen molar-refractivity contribution in [2.45, 2.75) is 5.92 Å². The number of nitrogens with zero attached hydrogens (tertiary/aromatic N) is 1. The molecule has 1 nitrogen and oxygen atoms in total. The Hall–Kier alpha value is -3.11. The van der Waals surface area contributed by atoms with E-state index in [9.17, 15) is 5.26 Å². The average molecular weight is 293 g/mol. The quantitative estimate of drug-likeness (QED) is 0.438. The second-order valence-corrected chi connectivity index (χ2v) is 5.71. The zero-order chi connectivity index (χ0) is 15.6. The third-order valence-electron chi connectivity index (χ3n) is 4.37. The molecule has 23 heavy (non-hydrogen) atoms. The molecule has 1 heteroatoms. The summed E-state index contributed by atoms with van der Waals surface area (Å²) >= 11 is 0. The second-order valence-electron chi connectivity index (χ2n) is 5.71. The van der Waals surface area contributed by atoms with Crippen molar-refractivity contribution in [3.63, 3.8) is 0 Å². The Labute approximate surface area is 135 Å². The lowest BCUT2D eigenvalue weighted by atomic mass is 9.86. The van der Waals surface area contributed by atoms with E-state index < -0.39 is 0 Å². The van der Waals surface area contributed by atoms with Gasteiger partial charge in [-0.3, -0.25) is 0 Å². The Morgan fingerprint density at radius 1 is 0.652 bits per heavy atom. The van der Waals surface area contributed by atoms with E-state index in [1.54, 1.807) is 0 Å². The van der Waals surface area contributed by atoms with Crippen LogP contribution >= 0.6 is 0 Å². The molecule has 1 unspecified atom stereocenters. The maximum Gasteiger partial charge on any atom is 0.0968 e. The molecule has 0 aliphatic rings. The Kier molecular flexibility index (Phi) is 3.29. The van der Waals surface area contributed by atoms with Crippen LogP contribution in [0.25, 0.3) is 21.5 Å². The summed E-state index contributed by atoms with van der Waals surface area (Å²) in [5, 5.41) is 14.6. The molecule has 0 heterocycles. The van der Waals surface area contributed by atoms with Crippen LogP contribution in [-0.2, 0) is 0 Å². The molecule has 0 aromatic heterocycles. The molecule has 4 aromatic carbocycles. The molecule has 4 rings (SSSR count). The summed E-state index contributed by atoms with van der Waals surface area (Å²) in [6.07, 6.45) is 0. The highest BCUT2D eigenvalue weighted by atomic mass is 14.3. The van der Waals surface area contributed by atoms with Gasteiger partial charge in [0, 0.05) is 0 Å². The molecule has 0 spiro atoms. The number of benzene rings is 4. The van der Waals surface area contributed by atoms with Crippen molar-refractivity contribution in [1.29, 1.82) is 5.26 Å². The fourth-order valence-electron chi connectivity index (χ4n) is 3.29. The van der Waals surface area contributed by atoms with Crippen molar-refractivity contribution in [1.82, 2.24) is 0 Å². The summed E-state index contributed by atoms with van der Waals surface area (Å²) < 4.78 is 0. The first-order chi connectivity index (χ1) is 11.4. The van der Waals surface area contributed by atoms with Crippen LogP contribution in [0.4, 0.5) is 0 Å². The zero-order valence-corrected chi connectivity index (χ0v) is 12.6. The van der Waals surface area contributed by atoms with E-state index in [1.807, 2.05) is 42.5 Å². The average Bonchev–Trinajstić information content (AvgIpc) is 2.63. The van der Waals surface area contributed by atoms with Gasteiger partial charge in [-0.05, 0) is 38.7 Å². The van der Waals surface area contributed by atoms with Gasteiger partial charge in [0.05, 0.1) is 12.0 Å². The molecular formula is C22H15N. The summed E-state index contributed by atoms with van der Waals surface area (Å²) in [4.78, 5) is 0. The predicted octanol–water partition coefficient (Wildman–Crippen LogP) is 5.65. The summed E-state index contributed by atoms with van der Waals surface area (Å²) in [7, 11) is 0. The molecule has 4 aromatic rings. The fraction of sp³-hybridized carbons (Fsp3) is 0.0455. The summed E-state index contributed by atoms with van der Waals surface area (Å²) in [5.74, 6) is -0.259. The highest BCUT2D eigenvalue weighted by molar-refractivity contribution is 6.09. The molecule has 108 valence electrons. The number of rotatable bonds is 2. The van der Waals surface area contributed by atoms with Gasteiger partial charge in [0.25, 0.3) is 0 Å². The van der Waals surface area contributed by atoms with Crippen LogP contribution < -0.4 is 0 Å². The maximum absolute atomic E-state index is 9.81. The first-order valence-electron chi connectivity index (χ1n) is 7.73. The number of hydrogen-bond acceptors (Lipinski definition) is 1. The van der Waals surface area contributed by atoms with Crippen LogP contribution in [-0.4, -0.2) is 0 Å². The van der Waals surface area contributed by atoms with Gasteiger partial charge in [-0.25, -0.2) is 0 Å². The maximum atomic E-state index is 9.81. The van der Waals surface area contributed by atoms with E-state index in [4.69, 9.17) is 0 Å². The van der Waals surface area contributed by atoms with Crippen LogP contribution in [0.1, 0.15) is 17.0 Å². The Morgan fingerprint density at radius 2 is 1.26 bits per heavy atom. The zero-order valence-electron chi connectivity index (χ0n) is 12.6. The highest BCUT2D eigenvalue weighted by Gasteiger charge is 2.17. The van der Waals surface area contributed by atoms with Crippen molar-refractivity contribution in [3.8, 4) is 6.07 Å². The molecule has 1 atom stereocenters. The molecule has 0 bridgehead atoms. The Balaban J connectivity index is 2.07. The lowest BCUT2D eigenvalue weighted by Gasteiger charge is -2.15. The van der Waals surface area contributed by atoms with Gasteiger partial charge >= 0.3 is 0 Å². The Morgan fingerprint density at radius 3 is 2.00 bits per heavy atom. The van der Waals surface area contributed by atoms with E-state index in [1.165, 1.54) is 16.2 Å². The first-order valence-corrected chi connectivity index (χ1v) is 7.73. The van der Waals surface area contributed by atoms with Crippen molar-refractivity contribution in [3.05, 3.63) is 96.1 Å². The van der Waals surface area contributed by atoms with Crippen molar-refractivity contribution in [2.24, 2.45) is 0 Å². The predicted molar refractivity (Wildman–Crippen MR) is 95.4 cm³/mol. The standard InChI is InChI=1S/C22H15N/c23-15-22(16-8-2-1-3-9-16)21-14-17-10-4-5-11-18(17)19-12-6-7-13-20(19)21/h1-14,22H. The van der Waals surface area contributed by atoms with Gasteiger partial charge < -0.3 is 0 Å². The van der Waals surface area contributed by atoms with E-state index in [0.29, 0.717) is 0 Å². The topological polar surface area (TPSA) is 23.8 Å². The van der Waals surface area contributed by atoms with Crippen molar-refractivity contribution in [2.75, 3.05) is 0 Å². The van der Waals surface area contributed by atoms with Gasteiger partial charge in [-0.15, -0.1) is 0 Å². The minimum absolute atomic E-state index is 0.259. The van der Waals surface area contributed by atoms with Gasteiger partial charge in [-0.1, -0.05) is 78.9 Å². The van der Waals surface area contributed by atoms with Gasteiger partial charge in [0.2, 0.25) is 0 Å². The molecule has 0 aliphatic carbocycles. The Bertz CT molecular complexity index is 1030. The van der Waals surface area contributed by atoms with Gasteiger partial charge in [0.15, 0.2) is 0 Å². The molecule has 0 aliphatic heterocycles. The van der Waals surface area contributed by atoms with E-state index in [-0.39, 0.29) is 5.92 Å². The number of hydrogen-bond donors (Lipinski definition) is 0. The van der Waals surface area contributed by atoms with E-state index in [2.05, 4.69) is 48.5 Å². The first kappa shape index (κ1) is 13.5. The van der Waals surface area contributed by atoms with Crippen LogP contribution in [0.5, 0.6) is 0 Å². The summed E-state index contributed by atoms with van der Waals surface area (Å²) in [6, 6.07) is 31.4. The van der Waals surface area contributed by atoms with Crippen molar-refractivity contribution < 1.29 is 0 Å².